The van der Waals surface area contributed by atoms with E-state index in [1.165, 1.54) is 0 Å². The molecule has 1 aromatic heterocycles. The third-order valence-electron chi connectivity index (χ3n) is 6.99. The first-order valence-corrected chi connectivity index (χ1v) is 11.2. The monoisotopic (exact) mass is 430 g/mol. The van der Waals surface area contributed by atoms with Gasteiger partial charge in [0, 0.05) is 47.5 Å². The van der Waals surface area contributed by atoms with Crippen LogP contribution in [0.2, 0.25) is 0 Å². The highest BCUT2D eigenvalue weighted by Gasteiger charge is 2.47. The number of anilines is 1. The van der Waals surface area contributed by atoms with Crippen LogP contribution in [0, 0.1) is 6.92 Å². The van der Waals surface area contributed by atoms with Crippen LogP contribution >= 0.6 is 0 Å². The van der Waals surface area contributed by atoms with Gasteiger partial charge >= 0.3 is 0 Å². The summed E-state index contributed by atoms with van der Waals surface area (Å²) in [6.07, 6.45) is 3.68. The van der Waals surface area contributed by atoms with Crippen LogP contribution in [0.3, 0.4) is 0 Å². The minimum atomic E-state index is -0.370. The summed E-state index contributed by atoms with van der Waals surface area (Å²) in [5.74, 6) is 0.590. The number of rotatable bonds is 6. The maximum Gasteiger partial charge on any atom is 0.252 e. The van der Waals surface area contributed by atoms with E-state index in [0.717, 1.165) is 59.1 Å². The van der Waals surface area contributed by atoms with E-state index in [4.69, 9.17) is 4.74 Å². The molecule has 1 saturated heterocycles. The summed E-state index contributed by atoms with van der Waals surface area (Å²) in [5, 5.41) is 5.41. The number of pyridine rings is 1. The second kappa shape index (κ2) is 7.78. The molecule has 166 valence electrons. The van der Waals surface area contributed by atoms with Gasteiger partial charge in [0.05, 0.1) is 12.6 Å². The Morgan fingerprint density at radius 2 is 1.88 bits per heavy atom. The molecule has 1 saturated carbocycles. The van der Waals surface area contributed by atoms with E-state index in [9.17, 15) is 4.79 Å². The fourth-order valence-electron chi connectivity index (χ4n) is 4.63. The number of hydrogen-bond acceptors (Lipinski definition) is 5. The first kappa shape index (κ1) is 20.8. The number of aromatic nitrogens is 1. The lowest BCUT2D eigenvalue weighted by Gasteiger charge is -2.44. The summed E-state index contributed by atoms with van der Waals surface area (Å²) in [6.45, 7) is 3.98. The first-order chi connectivity index (χ1) is 15.4. The average molecular weight is 431 g/mol. The molecular weight excluding hydrogens is 400 g/mol. The molecule has 2 fully saturated rings. The molecule has 1 amide bonds. The number of carbonyl (C=O) groups is 1. The largest absolute Gasteiger partial charge is 0.481 e. The molecule has 2 aromatic carbocycles. The van der Waals surface area contributed by atoms with Gasteiger partial charge in [-0.2, -0.15) is 0 Å². The SMILES string of the molecule is COc1ncc(C2(NC(=O)c3cc(N4CC(N(C)C)C4)ccc3C)CC2)c2ccccc12. The predicted octanol–water partition coefficient (Wildman–Crippen LogP) is 3.72. The Morgan fingerprint density at radius 3 is 2.53 bits per heavy atom. The molecule has 5 rings (SSSR count). The maximum atomic E-state index is 13.4. The number of nitrogens with zero attached hydrogens (tertiary/aromatic N) is 3. The van der Waals surface area contributed by atoms with Gasteiger partial charge in [0.15, 0.2) is 0 Å². The summed E-state index contributed by atoms with van der Waals surface area (Å²) in [5.41, 5.74) is 3.54. The number of nitrogens with one attached hydrogen (secondary N) is 1. The normalized spacial score (nSPS) is 17.3. The zero-order chi connectivity index (χ0) is 22.5. The lowest BCUT2D eigenvalue weighted by molar-refractivity contribution is 0.0930. The van der Waals surface area contributed by atoms with Crippen LogP contribution in [-0.2, 0) is 5.54 Å². The Balaban J connectivity index is 1.41. The number of ether oxygens (including phenoxy) is 1. The molecule has 0 radical (unpaired) electrons. The van der Waals surface area contributed by atoms with Crippen molar-refractivity contribution in [1.82, 2.24) is 15.2 Å². The molecule has 0 bridgehead atoms. The van der Waals surface area contributed by atoms with Crippen molar-refractivity contribution >= 4 is 22.4 Å². The van der Waals surface area contributed by atoms with Crippen molar-refractivity contribution < 1.29 is 9.53 Å². The highest BCUT2D eigenvalue weighted by atomic mass is 16.5. The number of fused-ring (bicyclic) bond motifs is 1. The molecule has 6 heteroatoms. The fourth-order valence-corrected chi connectivity index (χ4v) is 4.63. The van der Waals surface area contributed by atoms with Crippen molar-refractivity contribution in [2.24, 2.45) is 0 Å². The molecule has 3 aromatic rings. The Labute approximate surface area is 189 Å². The minimum Gasteiger partial charge on any atom is -0.481 e. The quantitative estimate of drug-likeness (QED) is 0.646. The van der Waals surface area contributed by atoms with Crippen LogP contribution in [0.4, 0.5) is 5.69 Å². The van der Waals surface area contributed by atoms with Crippen LogP contribution in [0.25, 0.3) is 10.8 Å². The van der Waals surface area contributed by atoms with Gasteiger partial charge in [0.25, 0.3) is 5.91 Å². The van der Waals surface area contributed by atoms with Gasteiger partial charge in [0.2, 0.25) is 5.88 Å². The second-order valence-electron chi connectivity index (χ2n) is 9.28. The Hall–Kier alpha value is -3.12. The summed E-state index contributed by atoms with van der Waals surface area (Å²) in [6, 6.07) is 14.9. The van der Waals surface area contributed by atoms with Crippen molar-refractivity contribution in [3.8, 4) is 5.88 Å². The summed E-state index contributed by atoms with van der Waals surface area (Å²) in [7, 11) is 5.86. The van der Waals surface area contributed by atoms with E-state index in [-0.39, 0.29) is 11.4 Å². The molecular formula is C26H30N4O2. The van der Waals surface area contributed by atoms with Crippen LogP contribution < -0.4 is 15.0 Å². The van der Waals surface area contributed by atoms with Crippen LogP contribution in [0.5, 0.6) is 5.88 Å². The molecule has 0 unspecified atom stereocenters. The number of aryl methyl sites for hydroxylation is 1. The van der Waals surface area contributed by atoms with Crippen molar-refractivity contribution in [2.75, 3.05) is 39.2 Å². The van der Waals surface area contributed by atoms with Gasteiger partial charge in [-0.05, 0) is 63.0 Å². The molecule has 1 aliphatic carbocycles. The lowest BCUT2D eigenvalue weighted by atomic mass is 9.98. The Bertz CT molecular complexity index is 1180. The molecule has 1 aliphatic heterocycles. The van der Waals surface area contributed by atoms with Gasteiger partial charge in [-0.25, -0.2) is 4.98 Å². The molecule has 32 heavy (non-hydrogen) atoms. The smallest absolute Gasteiger partial charge is 0.252 e. The predicted molar refractivity (Wildman–Crippen MR) is 128 cm³/mol. The third-order valence-corrected chi connectivity index (χ3v) is 6.99. The summed E-state index contributed by atoms with van der Waals surface area (Å²) < 4.78 is 5.45. The van der Waals surface area contributed by atoms with Gasteiger partial charge in [-0.3, -0.25) is 4.79 Å². The van der Waals surface area contributed by atoms with Crippen molar-refractivity contribution in [3.05, 3.63) is 65.4 Å². The minimum absolute atomic E-state index is 0.0218. The second-order valence-corrected chi connectivity index (χ2v) is 9.28. The molecule has 6 nitrogen and oxygen atoms in total. The topological polar surface area (TPSA) is 57.7 Å². The number of hydrogen-bond donors (Lipinski definition) is 1. The van der Waals surface area contributed by atoms with Crippen molar-refractivity contribution in [3.63, 3.8) is 0 Å². The summed E-state index contributed by atoms with van der Waals surface area (Å²) >= 11 is 0. The lowest BCUT2D eigenvalue weighted by Crippen LogP contribution is -2.57. The first-order valence-electron chi connectivity index (χ1n) is 11.2. The van der Waals surface area contributed by atoms with E-state index in [0.29, 0.717) is 11.9 Å². The van der Waals surface area contributed by atoms with Crippen LogP contribution in [0.1, 0.15) is 34.3 Å². The van der Waals surface area contributed by atoms with Crippen LogP contribution in [-0.4, -0.2) is 56.1 Å². The molecule has 1 N–H and O–H groups in total. The van der Waals surface area contributed by atoms with E-state index in [1.54, 1.807) is 7.11 Å². The molecule has 2 aliphatic rings. The highest BCUT2D eigenvalue weighted by Crippen LogP contribution is 2.48. The number of likely N-dealkylation sites (N-methyl/N-ethyl adjacent to an activating group) is 1. The van der Waals surface area contributed by atoms with E-state index < -0.39 is 0 Å². The van der Waals surface area contributed by atoms with E-state index in [2.05, 4.69) is 52.4 Å². The number of amides is 1. The van der Waals surface area contributed by atoms with Crippen LogP contribution in [0.15, 0.2) is 48.7 Å². The molecule has 0 spiro atoms. The van der Waals surface area contributed by atoms with Gasteiger partial charge in [-0.15, -0.1) is 0 Å². The van der Waals surface area contributed by atoms with Gasteiger partial charge < -0.3 is 19.9 Å². The zero-order valence-corrected chi connectivity index (χ0v) is 19.2. The van der Waals surface area contributed by atoms with Gasteiger partial charge in [-0.1, -0.05) is 24.3 Å². The Kier molecular flexibility index (Phi) is 5.05. The summed E-state index contributed by atoms with van der Waals surface area (Å²) in [4.78, 5) is 22.5. The fraction of sp³-hybridized carbons (Fsp3) is 0.385. The standard InChI is InChI=1S/C26H30N4O2/c1-17-9-10-18(30-15-19(16-30)29(2)3)13-22(17)24(31)28-26(11-12-26)23-14-27-25(32-4)21-8-6-5-7-20(21)23/h5-10,13-14,19H,11-12,15-16H2,1-4H3,(H,28,31). The maximum absolute atomic E-state index is 13.4. The highest BCUT2D eigenvalue weighted by molar-refractivity contribution is 5.98. The zero-order valence-electron chi connectivity index (χ0n) is 19.2. The third kappa shape index (κ3) is 3.48. The van der Waals surface area contributed by atoms with E-state index >= 15 is 0 Å². The molecule has 0 atom stereocenters. The number of benzene rings is 2. The van der Waals surface area contributed by atoms with Crippen molar-refractivity contribution in [1.29, 1.82) is 0 Å². The van der Waals surface area contributed by atoms with Gasteiger partial charge in [0.1, 0.15) is 0 Å². The average Bonchev–Trinajstić information content (AvgIpc) is 3.52. The number of methoxy groups -OCH3 is 1. The van der Waals surface area contributed by atoms with Crippen molar-refractivity contribution in [2.45, 2.75) is 31.3 Å². The number of carbonyl (C=O) groups excluding carboxylic acids is 1. The van der Waals surface area contributed by atoms with E-state index in [1.807, 2.05) is 37.4 Å². The molecule has 2 heterocycles. The Morgan fingerprint density at radius 1 is 1.16 bits per heavy atom.